The lowest BCUT2D eigenvalue weighted by atomic mass is 9.66. The lowest BCUT2D eigenvalue weighted by Crippen LogP contribution is -2.32. The molecule has 0 spiro atoms. The van der Waals surface area contributed by atoms with Crippen LogP contribution >= 0.6 is 0 Å². The van der Waals surface area contributed by atoms with Crippen LogP contribution in [0.3, 0.4) is 0 Å². The molecule has 1 rings (SSSR count). The van der Waals surface area contributed by atoms with Crippen molar-refractivity contribution >= 4 is 0 Å². The summed E-state index contributed by atoms with van der Waals surface area (Å²) in [6, 6.07) is 0. The third-order valence-electron chi connectivity index (χ3n) is 3.81. The van der Waals surface area contributed by atoms with Gasteiger partial charge in [-0.3, -0.25) is 0 Å². The molecule has 1 heteroatoms. The third-order valence-corrected chi connectivity index (χ3v) is 3.81. The monoisotopic (exact) mass is 196 g/mol. The molecule has 0 aliphatic heterocycles. The van der Waals surface area contributed by atoms with E-state index in [0.717, 1.165) is 12.3 Å². The van der Waals surface area contributed by atoms with Crippen molar-refractivity contribution in [2.24, 2.45) is 23.2 Å². The topological polar surface area (TPSA) is 20.2 Å². The molecule has 1 fully saturated rings. The van der Waals surface area contributed by atoms with E-state index in [1.165, 1.54) is 12.8 Å². The summed E-state index contributed by atoms with van der Waals surface area (Å²) in [6.45, 7) is 11.2. The Morgan fingerprint density at radius 3 is 2.43 bits per heavy atom. The molecule has 1 nitrogen and oxygen atoms in total. The summed E-state index contributed by atoms with van der Waals surface area (Å²) in [5.74, 6) is 1.78. The largest absolute Gasteiger partial charge is 0.396 e. The lowest BCUT2D eigenvalue weighted by molar-refractivity contribution is 0.0835. The van der Waals surface area contributed by atoms with E-state index in [9.17, 15) is 5.11 Å². The molecule has 0 amide bonds. The third kappa shape index (κ3) is 2.60. The maximum Gasteiger partial charge on any atom is 0.0464 e. The van der Waals surface area contributed by atoms with Gasteiger partial charge in [-0.1, -0.05) is 26.8 Å². The fourth-order valence-electron chi connectivity index (χ4n) is 2.57. The summed E-state index contributed by atoms with van der Waals surface area (Å²) in [5.41, 5.74) is 0.404. The summed E-state index contributed by atoms with van der Waals surface area (Å²) in [7, 11) is 0. The second-order valence-electron chi connectivity index (χ2n) is 5.72. The Bertz CT molecular complexity index is 190. The van der Waals surface area contributed by atoms with Gasteiger partial charge in [0, 0.05) is 6.61 Å². The van der Waals surface area contributed by atoms with Crippen LogP contribution in [0.5, 0.6) is 0 Å². The zero-order valence-corrected chi connectivity index (χ0v) is 9.79. The average Bonchev–Trinajstić information content (AvgIpc) is 2.15. The van der Waals surface area contributed by atoms with Crippen molar-refractivity contribution in [2.75, 3.05) is 6.61 Å². The Hall–Kier alpha value is -0.300. The Kier molecular flexibility index (Phi) is 3.77. The number of aliphatic hydroxyl groups is 1. The number of hydrogen-bond donors (Lipinski definition) is 1. The zero-order valence-electron chi connectivity index (χ0n) is 9.79. The summed E-state index contributed by atoms with van der Waals surface area (Å²) < 4.78 is 0. The fourth-order valence-corrected chi connectivity index (χ4v) is 2.57. The van der Waals surface area contributed by atoms with E-state index in [1.807, 2.05) is 6.08 Å². The van der Waals surface area contributed by atoms with Crippen LogP contribution in [0, 0.1) is 23.2 Å². The van der Waals surface area contributed by atoms with Crippen molar-refractivity contribution in [1.82, 2.24) is 0 Å². The van der Waals surface area contributed by atoms with Gasteiger partial charge in [-0.05, 0) is 42.4 Å². The molecular weight excluding hydrogens is 172 g/mol. The van der Waals surface area contributed by atoms with E-state index < -0.39 is 0 Å². The van der Waals surface area contributed by atoms with E-state index in [4.69, 9.17) is 0 Å². The van der Waals surface area contributed by atoms with Gasteiger partial charge in [0.15, 0.2) is 0 Å². The number of rotatable bonds is 2. The van der Waals surface area contributed by atoms with Crippen molar-refractivity contribution in [3.8, 4) is 0 Å². The zero-order chi connectivity index (χ0) is 10.8. The Morgan fingerprint density at radius 1 is 1.36 bits per heavy atom. The predicted molar refractivity (Wildman–Crippen MR) is 61.1 cm³/mol. The Labute approximate surface area is 88.2 Å². The van der Waals surface area contributed by atoms with Crippen LogP contribution < -0.4 is 0 Å². The molecule has 3 atom stereocenters. The molecule has 14 heavy (non-hydrogen) atoms. The second-order valence-corrected chi connectivity index (χ2v) is 5.72. The first kappa shape index (κ1) is 11.8. The van der Waals surface area contributed by atoms with Gasteiger partial charge in [-0.15, -0.1) is 6.58 Å². The summed E-state index contributed by atoms with van der Waals surface area (Å²) in [5, 5.41) is 9.23. The quantitative estimate of drug-likeness (QED) is 0.672. The number of allylic oxidation sites excluding steroid dienone is 1. The first-order valence-electron chi connectivity index (χ1n) is 5.72. The smallest absolute Gasteiger partial charge is 0.0464 e. The van der Waals surface area contributed by atoms with Gasteiger partial charge < -0.3 is 5.11 Å². The molecule has 82 valence electrons. The molecule has 1 saturated carbocycles. The SMILES string of the molecule is C=C[C@H]1C[C@@H](C(C)(C)C)CC[C@@H]1CO. The molecule has 1 aliphatic rings. The maximum absolute atomic E-state index is 9.23. The van der Waals surface area contributed by atoms with Gasteiger partial charge in [0.05, 0.1) is 0 Å². The van der Waals surface area contributed by atoms with Crippen LogP contribution in [0.4, 0.5) is 0 Å². The van der Waals surface area contributed by atoms with Crippen LogP contribution in [0.15, 0.2) is 12.7 Å². The fraction of sp³-hybridized carbons (Fsp3) is 0.846. The van der Waals surface area contributed by atoms with E-state index in [0.29, 0.717) is 23.9 Å². The minimum absolute atomic E-state index is 0.327. The Morgan fingerprint density at radius 2 is 2.00 bits per heavy atom. The molecule has 0 aromatic carbocycles. The predicted octanol–water partition coefficient (Wildman–Crippen LogP) is 3.24. The van der Waals surface area contributed by atoms with Crippen molar-refractivity contribution in [1.29, 1.82) is 0 Å². The van der Waals surface area contributed by atoms with Gasteiger partial charge in [-0.25, -0.2) is 0 Å². The van der Waals surface area contributed by atoms with Crippen molar-refractivity contribution in [3.05, 3.63) is 12.7 Å². The average molecular weight is 196 g/mol. The number of hydrogen-bond acceptors (Lipinski definition) is 1. The molecular formula is C13H24O. The molecule has 0 aromatic heterocycles. The normalized spacial score (nSPS) is 34.1. The first-order valence-corrected chi connectivity index (χ1v) is 5.72. The van der Waals surface area contributed by atoms with Gasteiger partial charge >= 0.3 is 0 Å². The molecule has 0 bridgehead atoms. The van der Waals surface area contributed by atoms with Gasteiger partial charge in [0.1, 0.15) is 0 Å². The van der Waals surface area contributed by atoms with Crippen molar-refractivity contribution in [2.45, 2.75) is 40.0 Å². The van der Waals surface area contributed by atoms with Crippen LogP contribution in [-0.2, 0) is 0 Å². The summed E-state index contributed by atoms with van der Waals surface area (Å²) in [6.07, 6.45) is 5.67. The summed E-state index contributed by atoms with van der Waals surface area (Å²) in [4.78, 5) is 0. The second kappa shape index (κ2) is 4.48. The standard InChI is InChI=1S/C13H24O/c1-5-10-8-12(13(2,3)4)7-6-11(10)9-14/h5,10-12,14H,1,6-9H2,2-4H3/t10-,11+,12-/m0/s1. The highest BCUT2D eigenvalue weighted by atomic mass is 16.3. The molecule has 0 saturated heterocycles. The van der Waals surface area contributed by atoms with E-state index in [2.05, 4.69) is 27.4 Å². The molecule has 0 radical (unpaired) electrons. The van der Waals surface area contributed by atoms with E-state index >= 15 is 0 Å². The molecule has 0 aromatic rings. The van der Waals surface area contributed by atoms with Crippen LogP contribution in [-0.4, -0.2) is 11.7 Å². The van der Waals surface area contributed by atoms with Crippen LogP contribution in [0.2, 0.25) is 0 Å². The van der Waals surface area contributed by atoms with Crippen LogP contribution in [0.25, 0.3) is 0 Å². The van der Waals surface area contributed by atoms with Gasteiger partial charge in [0.25, 0.3) is 0 Å². The van der Waals surface area contributed by atoms with E-state index in [-0.39, 0.29) is 0 Å². The maximum atomic E-state index is 9.23. The van der Waals surface area contributed by atoms with Gasteiger partial charge in [-0.2, -0.15) is 0 Å². The molecule has 1 aliphatic carbocycles. The highest BCUT2D eigenvalue weighted by Crippen LogP contribution is 2.42. The Balaban J connectivity index is 2.61. The van der Waals surface area contributed by atoms with Crippen molar-refractivity contribution in [3.63, 3.8) is 0 Å². The van der Waals surface area contributed by atoms with E-state index in [1.54, 1.807) is 0 Å². The van der Waals surface area contributed by atoms with Gasteiger partial charge in [0.2, 0.25) is 0 Å². The minimum Gasteiger partial charge on any atom is -0.396 e. The van der Waals surface area contributed by atoms with Crippen molar-refractivity contribution < 1.29 is 5.11 Å². The van der Waals surface area contributed by atoms with Crippen LogP contribution in [0.1, 0.15) is 40.0 Å². The minimum atomic E-state index is 0.327. The molecule has 0 heterocycles. The first-order chi connectivity index (χ1) is 6.49. The number of aliphatic hydroxyl groups excluding tert-OH is 1. The highest BCUT2D eigenvalue weighted by molar-refractivity contribution is 4.92. The molecule has 0 unspecified atom stereocenters. The highest BCUT2D eigenvalue weighted by Gasteiger charge is 2.33. The molecule has 1 N–H and O–H groups in total. The lowest BCUT2D eigenvalue weighted by Gasteiger charge is -2.40. The summed E-state index contributed by atoms with van der Waals surface area (Å²) >= 11 is 0.